The predicted octanol–water partition coefficient (Wildman–Crippen LogP) is 2.98. The van der Waals surface area contributed by atoms with Crippen molar-refractivity contribution >= 4 is 9.84 Å². The Morgan fingerprint density at radius 2 is 1.93 bits per heavy atom. The molecule has 1 atom stereocenters. The number of aliphatic hydroxyl groups is 1. The van der Waals surface area contributed by atoms with Gasteiger partial charge in [0.1, 0.15) is 0 Å². The Hall–Kier alpha value is -1.87. The van der Waals surface area contributed by atoms with Gasteiger partial charge in [0.2, 0.25) is 0 Å². The van der Waals surface area contributed by atoms with Gasteiger partial charge in [-0.3, -0.25) is 4.68 Å². The van der Waals surface area contributed by atoms with Crippen molar-refractivity contribution in [1.29, 1.82) is 0 Å². The van der Waals surface area contributed by atoms with Crippen LogP contribution in [0.5, 0.6) is 0 Å². The molecule has 0 amide bonds. The molecule has 3 rings (SSSR count). The monoisotopic (exact) mass is 416 g/mol. The van der Waals surface area contributed by atoms with E-state index >= 15 is 0 Å². The topological polar surface area (TPSA) is 72.2 Å². The molecule has 1 aliphatic carbocycles. The number of aliphatic hydroxyl groups excluding tert-OH is 1. The molecule has 0 radical (unpaired) electrons. The number of fused-ring (bicyclic) bond motifs is 1. The summed E-state index contributed by atoms with van der Waals surface area (Å²) in [5, 5.41) is 12.3. The van der Waals surface area contributed by atoms with Crippen LogP contribution in [0, 0.1) is 5.92 Å². The van der Waals surface area contributed by atoms with Gasteiger partial charge < -0.3 is 5.11 Å². The van der Waals surface area contributed by atoms with E-state index in [1.165, 1.54) is 10.9 Å². The van der Waals surface area contributed by atoms with Crippen LogP contribution in [0.15, 0.2) is 24.4 Å². The molecule has 0 saturated heterocycles. The second-order valence-corrected chi connectivity index (χ2v) is 10.2. The lowest BCUT2D eigenvalue weighted by atomic mass is 10.1. The summed E-state index contributed by atoms with van der Waals surface area (Å²) in [4.78, 5) is 0. The van der Waals surface area contributed by atoms with Crippen LogP contribution >= 0.6 is 0 Å². The fourth-order valence-corrected chi connectivity index (χ4v) is 4.86. The number of aromatic nitrogens is 2. The van der Waals surface area contributed by atoms with Gasteiger partial charge in [-0.2, -0.15) is 18.3 Å². The third-order valence-electron chi connectivity index (χ3n) is 5.09. The smallest absolute Gasteiger partial charge is 0.392 e. The van der Waals surface area contributed by atoms with Gasteiger partial charge in [0.05, 0.1) is 24.2 Å². The first-order valence-electron chi connectivity index (χ1n) is 9.06. The molecule has 0 spiro atoms. The molecule has 0 fully saturated rings. The molecule has 1 heterocycles. The molecular formula is C19H23F3N2O3S. The average molecular weight is 416 g/mol. The number of hydrogen-bond acceptors (Lipinski definition) is 4. The second kappa shape index (κ2) is 7.51. The van der Waals surface area contributed by atoms with Crippen molar-refractivity contribution in [2.45, 2.75) is 51.3 Å². The van der Waals surface area contributed by atoms with E-state index in [4.69, 9.17) is 5.11 Å². The summed E-state index contributed by atoms with van der Waals surface area (Å²) in [7, 11) is -3.12. The molecule has 0 bridgehead atoms. The first kappa shape index (κ1) is 20.9. The largest absolute Gasteiger partial charge is 0.435 e. The zero-order valence-corrected chi connectivity index (χ0v) is 16.5. The van der Waals surface area contributed by atoms with E-state index < -0.39 is 33.6 Å². The van der Waals surface area contributed by atoms with Gasteiger partial charge in [0.15, 0.2) is 15.5 Å². The van der Waals surface area contributed by atoms with Crippen LogP contribution in [0.1, 0.15) is 41.8 Å². The number of nitrogens with zero attached hydrogens (tertiary/aromatic N) is 2. The zero-order chi connectivity index (χ0) is 20.7. The Balaban J connectivity index is 1.75. The lowest BCUT2D eigenvalue weighted by Gasteiger charge is -2.12. The van der Waals surface area contributed by atoms with Crippen molar-refractivity contribution in [2.24, 2.45) is 5.92 Å². The second-order valence-electron chi connectivity index (χ2n) is 7.61. The molecule has 28 heavy (non-hydrogen) atoms. The maximum absolute atomic E-state index is 13.0. The van der Waals surface area contributed by atoms with Crippen molar-refractivity contribution < 1.29 is 26.7 Å². The fraction of sp³-hybridized carbons (Fsp3) is 0.526. The van der Waals surface area contributed by atoms with Gasteiger partial charge in [-0.15, -0.1) is 0 Å². The van der Waals surface area contributed by atoms with Crippen LogP contribution in [0.4, 0.5) is 13.2 Å². The number of sulfone groups is 1. The number of hydrogen-bond donors (Lipinski definition) is 1. The zero-order valence-electron chi connectivity index (χ0n) is 15.7. The first-order chi connectivity index (χ1) is 13.0. The molecular weight excluding hydrogens is 393 g/mol. The highest BCUT2D eigenvalue weighted by molar-refractivity contribution is 7.91. The van der Waals surface area contributed by atoms with Gasteiger partial charge in [-0.25, -0.2) is 8.42 Å². The van der Waals surface area contributed by atoms with Gasteiger partial charge in [0.25, 0.3) is 0 Å². The summed E-state index contributed by atoms with van der Waals surface area (Å²) < 4.78 is 64.4. The van der Waals surface area contributed by atoms with Crippen molar-refractivity contribution in [3.8, 4) is 0 Å². The van der Waals surface area contributed by atoms with E-state index in [-0.39, 0.29) is 23.8 Å². The maximum atomic E-state index is 13.0. The minimum atomic E-state index is -4.61. The van der Waals surface area contributed by atoms with Gasteiger partial charge in [-0.1, -0.05) is 18.2 Å². The fourth-order valence-electron chi connectivity index (χ4n) is 3.58. The molecule has 0 unspecified atom stereocenters. The minimum Gasteiger partial charge on any atom is -0.392 e. The maximum Gasteiger partial charge on any atom is 0.435 e. The standard InChI is InChI=1S/C19H23F3N2O3S/c1-12(2)28(26,27)11-14-6-15-4-3-13(5-16(15)7-14)8-24-9-17(10-25)18(23-24)19(20,21)22/h3-5,9,12,14,25H,6-8,10-11H2,1-2H3/t14-/m1/s1. The minimum absolute atomic E-state index is 0.0279. The quantitative estimate of drug-likeness (QED) is 0.786. The lowest BCUT2D eigenvalue weighted by molar-refractivity contribution is -0.142. The Morgan fingerprint density at radius 3 is 2.50 bits per heavy atom. The summed E-state index contributed by atoms with van der Waals surface area (Å²) in [6, 6.07) is 5.64. The summed E-state index contributed by atoms with van der Waals surface area (Å²) in [6.07, 6.45) is -2.08. The lowest BCUT2D eigenvalue weighted by Crippen LogP contribution is -2.23. The Bertz CT molecular complexity index is 965. The molecule has 1 aromatic carbocycles. The molecule has 2 aromatic rings. The van der Waals surface area contributed by atoms with Gasteiger partial charge in [-0.05, 0) is 49.3 Å². The summed E-state index contributed by atoms with van der Waals surface area (Å²) >= 11 is 0. The summed E-state index contributed by atoms with van der Waals surface area (Å²) in [6.45, 7) is 2.77. The summed E-state index contributed by atoms with van der Waals surface area (Å²) in [5.41, 5.74) is 1.57. The predicted molar refractivity (Wildman–Crippen MR) is 98.5 cm³/mol. The highest BCUT2D eigenvalue weighted by Crippen LogP contribution is 2.32. The van der Waals surface area contributed by atoms with Gasteiger partial charge in [0, 0.05) is 11.8 Å². The first-order valence-corrected chi connectivity index (χ1v) is 10.8. The molecule has 1 aliphatic rings. The average Bonchev–Trinajstić information content (AvgIpc) is 3.16. The van der Waals surface area contributed by atoms with E-state index in [0.29, 0.717) is 12.8 Å². The van der Waals surface area contributed by atoms with E-state index in [2.05, 4.69) is 5.10 Å². The van der Waals surface area contributed by atoms with Gasteiger partial charge >= 0.3 is 6.18 Å². The van der Waals surface area contributed by atoms with Crippen LogP contribution in [-0.4, -0.2) is 34.3 Å². The molecule has 1 aromatic heterocycles. The SMILES string of the molecule is CC(C)S(=O)(=O)C[C@@H]1Cc2ccc(Cn3cc(CO)c(C(F)(F)F)n3)cc2C1. The van der Waals surface area contributed by atoms with Crippen LogP contribution in [0.3, 0.4) is 0 Å². The van der Waals surface area contributed by atoms with Crippen molar-refractivity contribution in [3.05, 3.63) is 52.3 Å². The van der Waals surface area contributed by atoms with Crippen LogP contribution < -0.4 is 0 Å². The van der Waals surface area contributed by atoms with Crippen LogP contribution in [0.2, 0.25) is 0 Å². The Morgan fingerprint density at radius 1 is 1.25 bits per heavy atom. The van der Waals surface area contributed by atoms with Crippen molar-refractivity contribution in [3.63, 3.8) is 0 Å². The highest BCUT2D eigenvalue weighted by Gasteiger charge is 2.37. The van der Waals surface area contributed by atoms with E-state index in [1.54, 1.807) is 13.8 Å². The molecule has 1 N–H and O–H groups in total. The molecule has 9 heteroatoms. The number of benzene rings is 1. The van der Waals surface area contributed by atoms with Crippen molar-refractivity contribution in [2.75, 3.05) is 5.75 Å². The van der Waals surface area contributed by atoms with E-state index in [9.17, 15) is 21.6 Å². The molecule has 5 nitrogen and oxygen atoms in total. The highest BCUT2D eigenvalue weighted by atomic mass is 32.2. The number of rotatable bonds is 6. The molecule has 0 saturated carbocycles. The Kier molecular flexibility index (Phi) is 5.60. The summed E-state index contributed by atoms with van der Waals surface area (Å²) in [5.74, 6) is 0.169. The van der Waals surface area contributed by atoms with E-state index in [0.717, 1.165) is 16.7 Å². The normalized spacial score (nSPS) is 17.3. The third-order valence-corrected chi connectivity index (χ3v) is 7.47. The Labute approximate surface area is 162 Å². The van der Waals surface area contributed by atoms with Crippen LogP contribution in [0.25, 0.3) is 0 Å². The van der Waals surface area contributed by atoms with Crippen LogP contribution in [-0.2, 0) is 42.0 Å². The number of alkyl halides is 3. The van der Waals surface area contributed by atoms with Crippen molar-refractivity contribution in [1.82, 2.24) is 9.78 Å². The third kappa shape index (κ3) is 4.41. The molecule has 0 aliphatic heterocycles. The molecule has 154 valence electrons. The number of halogens is 3. The van der Waals surface area contributed by atoms with E-state index in [1.807, 2.05) is 18.2 Å².